The summed E-state index contributed by atoms with van der Waals surface area (Å²) in [6.45, 7) is 0.921. The third kappa shape index (κ3) is 1.08. The van der Waals surface area contributed by atoms with Crippen molar-refractivity contribution in [3.8, 4) is 0 Å². The van der Waals surface area contributed by atoms with Gasteiger partial charge in [0.05, 0.1) is 0 Å². The molecule has 1 heterocycles. The van der Waals surface area contributed by atoms with Crippen LogP contribution < -0.4 is 0 Å². The Morgan fingerprint density at radius 2 is 2.43 bits per heavy atom. The monoisotopic (exact) mass is 119 g/mol. The molecule has 1 atom stereocenters. The number of hydrogen-bond acceptors (Lipinski definition) is 3. The number of hydrogen-bond donors (Lipinski definition) is 2. The zero-order valence-corrected chi connectivity index (χ0v) is 4.93. The van der Waals surface area contributed by atoms with Gasteiger partial charge in [-0.2, -0.15) is 0 Å². The van der Waals surface area contributed by atoms with Gasteiger partial charge in [-0.05, 0) is 12.8 Å². The van der Waals surface area contributed by atoms with Crippen LogP contribution in [-0.2, 0) is 0 Å². The molecule has 0 saturated carbocycles. The molecule has 0 spiro atoms. The Labute approximate surface area is 48.7 Å². The van der Waals surface area contributed by atoms with Gasteiger partial charge in [-0.3, -0.25) is 0 Å². The molecule has 2 nitrogen and oxygen atoms in total. The first kappa shape index (κ1) is 5.41. The Kier molecular flexibility index (Phi) is 1.57. The van der Waals surface area contributed by atoms with E-state index in [0.717, 1.165) is 19.4 Å². The Balaban J connectivity index is 2.33. The highest BCUT2D eigenvalue weighted by atomic mass is 32.1. The van der Waals surface area contributed by atoms with Crippen molar-refractivity contribution in [1.29, 1.82) is 0 Å². The molecule has 0 bridgehead atoms. The maximum atomic E-state index is 8.85. The van der Waals surface area contributed by atoms with Gasteiger partial charge in [-0.25, -0.2) is 4.31 Å². The molecule has 1 aliphatic heterocycles. The third-order valence-electron chi connectivity index (χ3n) is 1.19. The first-order chi connectivity index (χ1) is 3.30. The Morgan fingerprint density at radius 3 is 2.57 bits per heavy atom. The largest absolute Gasteiger partial charge is 0.378 e. The van der Waals surface area contributed by atoms with Crippen molar-refractivity contribution in [2.75, 3.05) is 6.54 Å². The number of aliphatic hydroxyl groups excluding tert-OH is 1. The van der Waals surface area contributed by atoms with Crippen molar-refractivity contribution in [1.82, 2.24) is 4.31 Å². The van der Waals surface area contributed by atoms with Gasteiger partial charge in [0.25, 0.3) is 0 Å². The summed E-state index contributed by atoms with van der Waals surface area (Å²) in [5.41, 5.74) is 0. The summed E-state index contributed by atoms with van der Waals surface area (Å²) in [6.07, 6.45) is 1.66. The molecule has 0 aliphatic carbocycles. The standard InChI is InChI=1S/C4H9NOS/c6-4-2-1-3-5(4)7/h4,6-7H,1-3H2. The maximum Gasteiger partial charge on any atom is 0.116 e. The van der Waals surface area contributed by atoms with E-state index in [1.165, 1.54) is 0 Å². The molecule has 1 fully saturated rings. The molecule has 1 unspecified atom stereocenters. The van der Waals surface area contributed by atoms with Gasteiger partial charge in [-0.1, -0.05) is 12.8 Å². The van der Waals surface area contributed by atoms with Crippen LogP contribution >= 0.6 is 12.8 Å². The third-order valence-corrected chi connectivity index (χ3v) is 1.66. The van der Waals surface area contributed by atoms with Gasteiger partial charge in [0.15, 0.2) is 0 Å². The quantitative estimate of drug-likeness (QED) is 0.446. The van der Waals surface area contributed by atoms with Crippen LogP contribution in [0.4, 0.5) is 0 Å². The van der Waals surface area contributed by atoms with E-state index in [-0.39, 0.29) is 6.23 Å². The van der Waals surface area contributed by atoms with Gasteiger partial charge in [0, 0.05) is 6.54 Å². The van der Waals surface area contributed by atoms with Crippen LogP contribution in [-0.4, -0.2) is 22.2 Å². The zero-order valence-electron chi connectivity index (χ0n) is 4.04. The second-order valence-corrected chi connectivity index (χ2v) is 2.30. The van der Waals surface area contributed by atoms with E-state index >= 15 is 0 Å². The molecule has 3 heteroatoms. The first-order valence-corrected chi connectivity index (χ1v) is 2.84. The SMILES string of the molecule is OC1CCCN1S. The summed E-state index contributed by atoms with van der Waals surface area (Å²) in [7, 11) is 0. The van der Waals surface area contributed by atoms with Gasteiger partial charge >= 0.3 is 0 Å². The molecule has 1 aliphatic rings. The lowest BCUT2D eigenvalue weighted by Gasteiger charge is -2.09. The lowest BCUT2D eigenvalue weighted by molar-refractivity contribution is 0.104. The molecule has 0 amide bonds. The maximum absolute atomic E-state index is 8.85. The van der Waals surface area contributed by atoms with Crippen molar-refractivity contribution >= 4 is 12.8 Å². The van der Waals surface area contributed by atoms with Crippen LogP contribution in [0.2, 0.25) is 0 Å². The molecule has 1 N–H and O–H groups in total. The van der Waals surface area contributed by atoms with Crippen molar-refractivity contribution in [3.63, 3.8) is 0 Å². The highest BCUT2D eigenvalue weighted by Gasteiger charge is 2.17. The molecule has 0 aromatic rings. The van der Waals surface area contributed by atoms with Crippen LogP contribution in [0, 0.1) is 0 Å². The summed E-state index contributed by atoms with van der Waals surface area (Å²) < 4.78 is 1.65. The fourth-order valence-electron chi connectivity index (χ4n) is 0.734. The minimum Gasteiger partial charge on any atom is -0.378 e. The molecule has 42 valence electrons. The van der Waals surface area contributed by atoms with E-state index in [0.29, 0.717) is 0 Å². The molecule has 7 heavy (non-hydrogen) atoms. The number of aliphatic hydroxyl groups is 1. The highest BCUT2D eigenvalue weighted by molar-refractivity contribution is 7.77. The average Bonchev–Trinajstić information content (AvgIpc) is 1.91. The molecule has 0 aromatic carbocycles. The van der Waals surface area contributed by atoms with E-state index in [1.807, 2.05) is 0 Å². The topological polar surface area (TPSA) is 23.5 Å². The van der Waals surface area contributed by atoms with E-state index in [4.69, 9.17) is 5.11 Å². The average molecular weight is 119 g/mol. The van der Waals surface area contributed by atoms with Crippen molar-refractivity contribution in [2.45, 2.75) is 19.1 Å². The molecular formula is C4H9NOS. The van der Waals surface area contributed by atoms with Crippen LogP contribution in [0.15, 0.2) is 0 Å². The summed E-state index contributed by atoms with van der Waals surface area (Å²) in [6, 6.07) is 0. The Hall–Kier alpha value is 0.270. The lowest BCUT2D eigenvalue weighted by atomic mass is 10.4. The van der Waals surface area contributed by atoms with E-state index in [9.17, 15) is 0 Å². The smallest absolute Gasteiger partial charge is 0.116 e. The minimum absolute atomic E-state index is 0.289. The molecular weight excluding hydrogens is 110 g/mol. The molecule has 0 radical (unpaired) electrons. The van der Waals surface area contributed by atoms with Crippen molar-refractivity contribution < 1.29 is 5.11 Å². The zero-order chi connectivity index (χ0) is 5.28. The molecule has 1 rings (SSSR count). The highest BCUT2D eigenvalue weighted by Crippen LogP contribution is 2.15. The summed E-state index contributed by atoms with van der Waals surface area (Å²) in [5, 5.41) is 8.85. The van der Waals surface area contributed by atoms with Crippen LogP contribution in [0.3, 0.4) is 0 Å². The molecule has 0 aromatic heterocycles. The fourth-order valence-corrected chi connectivity index (χ4v) is 0.991. The first-order valence-electron chi connectivity index (χ1n) is 2.44. The number of thiol groups is 1. The normalized spacial score (nSPS) is 34.3. The number of rotatable bonds is 0. The number of nitrogens with zero attached hydrogens (tertiary/aromatic N) is 1. The van der Waals surface area contributed by atoms with Gasteiger partial charge in [0.1, 0.15) is 6.23 Å². The van der Waals surface area contributed by atoms with Gasteiger partial charge < -0.3 is 5.11 Å². The van der Waals surface area contributed by atoms with E-state index < -0.39 is 0 Å². The summed E-state index contributed by atoms with van der Waals surface area (Å²) in [4.78, 5) is 0. The Morgan fingerprint density at radius 1 is 1.71 bits per heavy atom. The van der Waals surface area contributed by atoms with E-state index in [1.54, 1.807) is 4.31 Å². The minimum atomic E-state index is -0.289. The second kappa shape index (κ2) is 2.03. The van der Waals surface area contributed by atoms with Gasteiger partial charge in [-0.15, -0.1) is 0 Å². The summed E-state index contributed by atoms with van der Waals surface area (Å²) >= 11 is 3.97. The van der Waals surface area contributed by atoms with Crippen LogP contribution in [0.5, 0.6) is 0 Å². The van der Waals surface area contributed by atoms with Crippen LogP contribution in [0.1, 0.15) is 12.8 Å². The lowest BCUT2D eigenvalue weighted by Crippen LogP contribution is -2.17. The predicted molar refractivity (Wildman–Crippen MR) is 30.9 cm³/mol. The van der Waals surface area contributed by atoms with E-state index in [2.05, 4.69) is 12.8 Å². The van der Waals surface area contributed by atoms with Crippen molar-refractivity contribution in [2.24, 2.45) is 0 Å². The summed E-state index contributed by atoms with van der Waals surface area (Å²) in [5.74, 6) is 0. The second-order valence-electron chi connectivity index (χ2n) is 1.79. The Bertz CT molecular complexity index is 60.7. The van der Waals surface area contributed by atoms with Crippen molar-refractivity contribution in [3.05, 3.63) is 0 Å². The van der Waals surface area contributed by atoms with Crippen LogP contribution in [0.25, 0.3) is 0 Å². The molecule has 1 saturated heterocycles. The van der Waals surface area contributed by atoms with Gasteiger partial charge in [0.2, 0.25) is 0 Å². The fraction of sp³-hybridized carbons (Fsp3) is 1.00. The predicted octanol–water partition coefficient (Wildman–Crippen LogP) is 0.245.